The van der Waals surface area contributed by atoms with Crippen LogP contribution in [-0.2, 0) is 0 Å². The minimum atomic E-state index is -0.521. The molecule has 0 spiro atoms. The smallest absolute Gasteiger partial charge is 0.343 e. The van der Waals surface area contributed by atoms with Crippen molar-refractivity contribution in [2.75, 3.05) is 6.61 Å². The summed E-state index contributed by atoms with van der Waals surface area (Å²) in [5.74, 6) is 0.523. The van der Waals surface area contributed by atoms with Gasteiger partial charge in [-0.25, -0.2) is 4.79 Å². The predicted molar refractivity (Wildman–Crippen MR) is 134 cm³/mol. The summed E-state index contributed by atoms with van der Waals surface area (Å²) < 4.78 is 11.1. The average Bonchev–Trinajstić information content (AvgIpc) is 2.84. The summed E-state index contributed by atoms with van der Waals surface area (Å²) in [5, 5.41) is 19.6. The molecule has 0 saturated heterocycles. The highest BCUT2D eigenvalue weighted by Gasteiger charge is 2.10. The molecular formula is C28H31NO5. The molecule has 0 fully saturated rings. The van der Waals surface area contributed by atoms with Crippen LogP contribution >= 0.6 is 0 Å². The number of ether oxygens (including phenoxy) is 2. The van der Waals surface area contributed by atoms with Crippen LogP contribution in [0.4, 0.5) is 5.69 Å². The Hall–Kier alpha value is -3.80. The number of hydrogen-bond acceptors (Lipinski definition) is 6. The Morgan fingerprint density at radius 1 is 0.853 bits per heavy atom. The minimum Gasteiger partial charge on any atom is -0.508 e. The molecule has 2 N–H and O–H groups in total. The van der Waals surface area contributed by atoms with Crippen molar-refractivity contribution in [1.29, 1.82) is 0 Å². The largest absolute Gasteiger partial charge is 0.508 e. The highest BCUT2D eigenvalue weighted by Crippen LogP contribution is 2.25. The van der Waals surface area contributed by atoms with E-state index in [9.17, 15) is 15.0 Å². The standard InChI is InChI=1S/C28H31NO5/c1-2-3-4-5-6-7-18-33-25-15-8-21(9-16-25)28(32)34-26-17-10-22(27(31)19-26)20-29-23-11-13-24(30)14-12-23/h8-17,19-20,30-31H,2-7,18H2,1H3. The Bertz CT molecular complexity index is 1070. The highest BCUT2D eigenvalue weighted by atomic mass is 16.5. The number of rotatable bonds is 12. The maximum atomic E-state index is 12.5. The summed E-state index contributed by atoms with van der Waals surface area (Å²) in [5.41, 5.74) is 1.50. The molecule has 0 aliphatic rings. The zero-order valence-electron chi connectivity index (χ0n) is 19.4. The van der Waals surface area contributed by atoms with Crippen molar-refractivity contribution in [2.24, 2.45) is 4.99 Å². The zero-order chi connectivity index (χ0) is 24.2. The Labute approximate surface area is 200 Å². The predicted octanol–water partition coefficient (Wildman–Crippen LogP) is 6.81. The van der Waals surface area contributed by atoms with Crippen molar-refractivity contribution in [3.63, 3.8) is 0 Å². The fraction of sp³-hybridized carbons (Fsp3) is 0.286. The Balaban J connectivity index is 1.49. The van der Waals surface area contributed by atoms with E-state index >= 15 is 0 Å². The average molecular weight is 462 g/mol. The molecule has 178 valence electrons. The second kappa shape index (κ2) is 13.0. The molecule has 3 aromatic rings. The molecule has 0 radical (unpaired) electrons. The lowest BCUT2D eigenvalue weighted by Gasteiger charge is -2.08. The van der Waals surface area contributed by atoms with Crippen LogP contribution in [0.5, 0.6) is 23.0 Å². The number of phenols is 2. The van der Waals surface area contributed by atoms with Crippen molar-refractivity contribution < 1.29 is 24.5 Å². The monoisotopic (exact) mass is 461 g/mol. The number of carbonyl (C=O) groups is 1. The third kappa shape index (κ3) is 7.96. The second-order valence-corrected chi connectivity index (χ2v) is 8.03. The van der Waals surface area contributed by atoms with Crippen LogP contribution in [0.1, 0.15) is 61.4 Å². The van der Waals surface area contributed by atoms with Gasteiger partial charge in [0, 0.05) is 17.8 Å². The van der Waals surface area contributed by atoms with Crippen molar-refractivity contribution in [2.45, 2.75) is 45.4 Å². The van der Waals surface area contributed by atoms with Gasteiger partial charge in [-0.05, 0) is 67.1 Å². The van der Waals surface area contributed by atoms with Crippen molar-refractivity contribution >= 4 is 17.9 Å². The first-order valence-corrected chi connectivity index (χ1v) is 11.7. The van der Waals surface area contributed by atoms with Gasteiger partial charge in [-0.3, -0.25) is 4.99 Å². The van der Waals surface area contributed by atoms with Crippen LogP contribution < -0.4 is 9.47 Å². The molecule has 0 saturated carbocycles. The Kier molecular flexibility index (Phi) is 9.52. The van der Waals surface area contributed by atoms with E-state index in [2.05, 4.69) is 11.9 Å². The van der Waals surface area contributed by atoms with Gasteiger partial charge in [-0.15, -0.1) is 0 Å². The summed E-state index contributed by atoms with van der Waals surface area (Å²) in [6.07, 6.45) is 8.74. The molecule has 3 rings (SSSR count). The van der Waals surface area contributed by atoms with Gasteiger partial charge in [0.15, 0.2) is 0 Å². The minimum absolute atomic E-state index is 0.0636. The van der Waals surface area contributed by atoms with Gasteiger partial charge in [0.25, 0.3) is 0 Å². The van der Waals surface area contributed by atoms with E-state index in [4.69, 9.17) is 9.47 Å². The van der Waals surface area contributed by atoms with Crippen LogP contribution in [0.3, 0.4) is 0 Å². The van der Waals surface area contributed by atoms with Crippen LogP contribution in [-0.4, -0.2) is 29.0 Å². The lowest BCUT2D eigenvalue weighted by molar-refractivity contribution is 0.0734. The maximum absolute atomic E-state index is 12.5. The summed E-state index contributed by atoms with van der Waals surface area (Å²) >= 11 is 0. The van der Waals surface area contributed by atoms with E-state index in [0.29, 0.717) is 23.4 Å². The van der Waals surface area contributed by atoms with Gasteiger partial charge >= 0.3 is 5.97 Å². The van der Waals surface area contributed by atoms with E-state index < -0.39 is 5.97 Å². The van der Waals surface area contributed by atoms with Crippen LogP contribution in [0.15, 0.2) is 71.7 Å². The molecule has 0 aliphatic carbocycles. The first-order valence-electron chi connectivity index (χ1n) is 11.7. The van der Waals surface area contributed by atoms with Crippen molar-refractivity contribution in [1.82, 2.24) is 0 Å². The van der Waals surface area contributed by atoms with Crippen LogP contribution in [0, 0.1) is 0 Å². The molecule has 0 aliphatic heterocycles. The van der Waals surface area contributed by atoms with Crippen LogP contribution in [0.2, 0.25) is 0 Å². The van der Waals surface area contributed by atoms with Crippen LogP contribution in [0.25, 0.3) is 0 Å². The number of carbonyl (C=O) groups excluding carboxylic acids is 1. The number of hydrogen-bond donors (Lipinski definition) is 2. The second-order valence-electron chi connectivity index (χ2n) is 8.03. The molecule has 0 aromatic heterocycles. The molecule has 6 nitrogen and oxygen atoms in total. The molecule has 0 atom stereocenters. The molecular weight excluding hydrogens is 430 g/mol. The fourth-order valence-electron chi connectivity index (χ4n) is 3.30. The van der Waals surface area contributed by atoms with Crippen molar-refractivity contribution in [3.8, 4) is 23.0 Å². The van der Waals surface area contributed by atoms with E-state index in [1.807, 2.05) is 0 Å². The Morgan fingerprint density at radius 3 is 2.24 bits per heavy atom. The van der Waals surface area contributed by atoms with E-state index in [-0.39, 0.29) is 17.2 Å². The number of phenolic OH excluding ortho intramolecular Hbond substituents is 2. The molecule has 3 aromatic carbocycles. The lowest BCUT2D eigenvalue weighted by Crippen LogP contribution is -2.08. The first-order chi connectivity index (χ1) is 16.5. The normalized spacial score (nSPS) is 11.0. The topological polar surface area (TPSA) is 88.4 Å². The molecule has 6 heteroatoms. The van der Waals surface area contributed by atoms with E-state index in [1.54, 1.807) is 48.5 Å². The van der Waals surface area contributed by atoms with E-state index in [1.165, 1.54) is 56.5 Å². The fourth-order valence-corrected chi connectivity index (χ4v) is 3.30. The lowest BCUT2D eigenvalue weighted by atomic mass is 10.1. The van der Waals surface area contributed by atoms with Gasteiger partial charge in [0.2, 0.25) is 0 Å². The number of esters is 1. The maximum Gasteiger partial charge on any atom is 0.343 e. The molecule has 0 bridgehead atoms. The van der Waals surface area contributed by atoms with Gasteiger partial charge in [-0.2, -0.15) is 0 Å². The summed E-state index contributed by atoms with van der Waals surface area (Å²) in [4.78, 5) is 16.7. The number of benzene rings is 3. The molecule has 0 unspecified atom stereocenters. The molecule has 0 amide bonds. The highest BCUT2D eigenvalue weighted by molar-refractivity contribution is 5.91. The number of aromatic hydroxyl groups is 2. The van der Waals surface area contributed by atoms with Gasteiger partial charge < -0.3 is 19.7 Å². The van der Waals surface area contributed by atoms with Crippen molar-refractivity contribution in [3.05, 3.63) is 77.9 Å². The van der Waals surface area contributed by atoms with Gasteiger partial charge in [0.1, 0.15) is 23.0 Å². The van der Waals surface area contributed by atoms with E-state index in [0.717, 1.165) is 12.2 Å². The number of aliphatic imine (C=N–C) groups is 1. The third-order valence-electron chi connectivity index (χ3n) is 5.27. The van der Waals surface area contributed by atoms with Gasteiger partial charge in [-0.1, -0.05) is 39.0 Å². The molecule has 0 heterocycles. The summed E-state index contributed by atoms with van der Waals surface area (Å²) in [7, 11) is 0. The zero-order valence-corrected chi connectivity index (χ0v) is 19.4. The number of unbranched alkanes of at least 4 members (excludes halogenated alkanes) is 5. The SMILES string of the molecule is CCCCCCCCOc1ccc(C(=O)Oc2ccc(C=Nc3ccc(O)cc3)c(O)c2)cc1. The Morgan fingerprint density at radius 2 is 1.53 bits per heavy atom. The molecule has 34 heavy (non-hydrogen) atoms. The number of nitrogens with zero attached hydrogens (tertiary/aromatic N) is 1. The first kappa shape index (κ1) is 24.8. The summed E-state index contributed by atoms with van der Waals surface area (Å²) in [6.45, 7) is 2.87. The quantitative estimate of drug-likeness (QED) is 0.134. The van der Waals surface area contributed by atoms with Gasteiger partial charge in [0.05, 0.1) is 17.9 Å². The summed E-state index contributed by atoms with van der Waals surface area (Å²) in [6, 6.07) is 17.8. The third-order valence-corrected chi connectivity index (χ3v) is 5.27.